The third-order valence-electron chi connectivity index (χ3n) is 8.11. The van der Waals surface area contributed by atoms with Gasteiger partial charge in [-0.05, 0) is 20.8 Å². The Bertz CT molecular complexity index is 1370. The van der Waals surface area contributed by atoms with Gasteiger partial charge < -0.3 is 54.3 Å². The molecule has 48 heavy (non-hydrogen) atoms. The molecule has 6 N–H and O–H groups in total. The molecule has 10 atom stereocenters. The number of esters is 2. The Morgan fingerprint density at radius 1 is 0.750 bits per heavy atom. The molecular weight excluding hydrogens is 719 g/mol. The van der Waals surface area contributed by atoms with Crippen LogP contribution in [-0.2, 0) is 57.2 Å². The number of aliphatic hydroxyl groups excluding tert-OH is 3. The van der Waals surface area contributed by atoms with Crippen molar-refractivity contribution < 1.29 is 87.9 Å². The summed E-state index contributed by atoms with van der Waals surface area (Å²) in [6, 6.07) is 0. The first kappa shape index (κ1) is 42.0. The smallest absolute Gasteiger partial charge is 0.303 e. The molecule has 0 unspecified atom stereocenters. The molecule has 0 aromatic heterocycles. The quantitative estimate of drug-likeness (QED) is 0.0897. The van der Waals surface area contributed by atoms with E-state index in [4.69, 9.17) is 58.5 Å². The second kappa shape index (κ2) is 14.2. The van der Waals surface area contributed by atoms with Gasteiger partial charge in [0.05, 0.1) is 6.61 Å². The molecule has 272 valence electrons. The van der Waals surface area contributed by atoms with Crippen molar-refractivity contribution in [2.24, 2.45) is 0 Å². The van der Waals surface area contributed by atoms with E-state index in [0.29, 0.717) is 27.7 Å². The molecule has 2 aliphatic rings. The van der Waals surface area contributed by atoms with Gasteiger partial charge in [-0.2, -0.15) is 0 Å². The fourth-order valence-corrected chi connectivity index (χ4v) is 6.26. The molecule has 0 radical (unpaired) electrons. The summed E-state index contributed by atoms with van der Waals surface area (Å²) in [5.74, 6) is -15.3. The number of ether oxygens (including phenoxy) is 5. The fraction of sp³-hybridized carbons (Fsp3) is 0.741. The first-order valence-corrected chi connectivity index (χ1v) is 15.0. The number of hydrogen-bond donors (Lipinski definition) is 6. The Morgan fingerprint density at radius 2 is 1.23 bits per heavy atom. The van der Waals surface area contributed by atoms with Gasteiger partial charge in [-0.1, -0.05) is 34.8 Å². The van der Waals surface area contributed by atoms with Crippen LogP contribution in [0.2, 0.25) is 0 Å². The average Bonchev–Trinajstić information content (AvgIpc) is 2.94. The predicted octanol–water partition coefficient (Wildman–Crippen LogP) is -2.37. The van der Waals surface area contributed by atoms with Crippen molar-refractivity contribution in [3.05, 3.63) is 0 Å². The molecular formula is C27H35Cl3O18. The number of carbonyl (C=O) groups is 7. The summed E-state index contributed by atoms with van der Waals surface area (Å²) in [7, 11) is 0. The largest absolute Gasteiger partial charge is 0.455 e. The molecule has 0 saturated carbocycles. The average molecular weight is 754 g/mol. The normalized spacial score (nSPS) is 38.4. The molecule has 2 fully saturated rings. The lowest BCUT2D eigenvalue weighted by Gasteiger charge is -2.65. The lowest BCUT2D eigenvalue weighted by molar-refractivity contribution is -0.442. The molecule has 2 saturated heterocycles. The van der Waals surface area contributed by atoms with Crippen LogP contribution in [0.25, 0.3) is 0 Å². The second-order valence-corrected chi connectivity index (χ2v) is 13.8. The van der Waals surface area contributed by atoms with Gasteiger partial charge in [0.25, 0.3) is 5.79 Å². The highest BCUT2D eigenvalue weighted by atomic mass is 35.6. The monoisotopic (exact) mass is 752 g/mol. The second-order valence-electron chi connectivity index (χ2n) is 11.2. The van der Waals surface area contributed by atoms with Crippen LogP contribution in [0.1, 0.15) is 54.4 Å². The number of aliphatic hydroxyl groups is 6. The summed E-state index contributed by atoms with van der Waals surface area (Å²) < 4.78 is 23.8. The molecule has 0 aromatic rings. The minimum atomic E-state index is -4.35. The van der Waals surface area contributed by atoms with Crippen molar-refractivity contribution in [3.63, 3.8) is 0 Å². The first-order valence-electron chi connectivity index (χ1n) is 13.8. The molecule has 18 nitrogen and oxygen atoms in total. The SMILES string of the molecule is CC(=O)O[C@H]1[C@@H](O)[C@H](O[C@@]2(C(C)=O)[C@](O)(C(C)=O)[C@@](O)(C(C)=O)[C@](O)(C(C)=O)O[C@@]2(CO)C(=O)CCC(Cl)(Cl)Cl)O[C@H](O)[C@H]1OC(C)=O. The van der Waals surface area contributed by atoms with Gasteiger partial charge in [-0.3, -0.25) is 33.6 Å². The number of alkyl halides is 3. The van der Waals surface area contributed by atoms with E-state index >= 15 is 0 Å². The van der Waals surface area contributed by atoms with E-state index < -0.39 is 123 Å². The van der Waals surface area contributed by atoms with Gasteiger partial charge >= 0.3 is 11.9 Å². The van der Waals surface area contributed by atoms with Crippen LogP contribution >= 0.6 is 34.8 Å². The van der Waals surface area contributed by atoms with Crippen LogP contribution in [0, 0.1) is 0 Å². The zero-order chi connectivity index (χ0) is 37.6. The maximum absolute atomic E-state index is 14.1. The molecule has 0 amide bonds. The van der Waals surface area contributed by atoms with Crippen molar-refractivity contribution in [1.82, 2.24) is 0 Å². The highest BCUT2D eigenvalue weighted by Gasteiger charge is 2.90. The van der Waals surface area contributed by atoms with Gasteiger partial charge in [-0.25, -0.2) is 0 Å². The minimum Gasteiger partial charge on any atom is -0.455 e. The topological polar surface area (TPSA) is 287 Å². The lowest BCUT2D eigenvalue weighted by Crippen LogP contribution is -2.95. The van der Waals surface area contributed by atoms with Crippen molar-refractivity contribution in [2.75, 3.05) is 6.61 Å². The predicted molar refractivity (Wildman–Crippen MR) is 155 cm³/mol. The third-order valence-corrected chi connectivity index (χ3v) is 8.67. The van der Waals surface area contributed by atoms with Crippen LogP contribution in [0.3, 0.4) is 0 Å². The minimum absolute atomic E-state index is 0.417. The van der Waals surface area contributed by atoms with Gasteiger partial charge in [-0.15, -0.1) is 0 Å². The van der Waals surface area contributed by atoms with E-state index in [0.717, 1.165) is 13.8 Å². The summed E-state index contributed by atoms with van der Waals surface area (Å²) in [6.45, 7) is 1.56. The summed E-state index contributed by atoms with van der Waals surface area (Å²) in [5, 5.41) is 68.6. The number of halogens is 3. The highest BCUT2D eigenvalue weighted by Crippen LogP contribution is 2.58. The van der Waals surface area contributed by atoms with Gasteiger partial charge in [0.2, 0.25) is 16.8 Å². The maximum Gasteiger partial charge on any atom is 0.303 e. The number of ketones is 5. The van der Waals surface area contributed by atoms with Crippen LogP contribution in [0.15, 0.2) is 0 Å². The Kier molecular flexibility index (Phi) is 12.4. The Labute approximate surface area is 287 Å². The third kappa shape index (κ3) is 6.42. The van der Waals surface area contributed by atoms with E-state index in [-0.39, 0.29) is 0 Å². The Balaban J connectivity index is 3.15. The van der Waals surface area contributed by atoms with Gasteiger partial charge in [0, 0.05) is 33.6 Å². The van der Waals surface area contributed by atoms with Crippen LogP contribution < -0.4 is 0 Å². The summed E-state index contributed by atoms with van der Waals surface area (Å²) in [6.07, 6.45) is -13.7. The molecule has 2 heterocycles. The first-order chi connectivity index (χ1) is 21.7. The number of rotatable bonds is 12. The molecule has 0 bridgehead atoms. The Hall–Kier alpha value is -2.20. The van der Waals surface area contributed by atoms with Crippen molar-refractivity contribution >= 4 is 75.7 Å². The summed E-state index contributed by atoms with van der Waals surface area (Å²) in [5.41, 5.74) is -16.4. The zero-order valence-electron chi connectivity index (χ0n) is 26.2. The van der Waals surface area contributed by atoms with E-state index in [9.17, 15) is 64.2 Å². The van der Waals surface area contributed by atoms with Gasteiger partial charge in [0.15, 0.2) is 63.1 Å². The van der Waals surface area contributed by atoms with Crippen molar-refractivity contribution in [3.8, 4) is 0 Å². The molecule has 21 heteroatoms. The molecule has 0 aliphatic carbocycles. The molecule has 0 spiro atoms. The summed E-state index contributed by atoms with van der Waals surface area (Å²) >= 11 is 17.3. The molecule has 0 aromatic carbocycles. The number of hydrogen-bond acceptors (Lipinski definition) is 18. The Morgan fingerprint density at radius 3 is 1.60 bits per heavy atom. The molecule has 2 aliphatic heterocycles. The maximum atomic E-state index is 14.1. The number of Topliss-reactive ketones (excluding diaryl/α,β-unsaturated/α-hetero) is 5. The van der Waals surface area contributed by atoms with Crippen LogP contribution in [0.4, 0.5) is 0 Å². The zero-order valence-corrected chi connectivity index (χ0v) is 28.5. The standard InChI is InChI=1S/C27H35Cl3O18/c1-10(32)24(41)25(42,11(2)33)27(43,13(4)35)48-22(9-31,16(38)7-8-23(28,29)30)26(24,12(3)34)47-21-17(39)18(44-14(5)36)19(20(40)46-21)45-15(6)37/h17-21,31,39-43H,7-9H2,1-6H3/t17-,18+,19+,20+,21+,22+,24+,25+,26-,27+/m1/s1. The van der Waals surface area contributed by atoms with E-state index in [1.54, 1.807) is 0 Å². The van der Waals surface area contributed by atoms with Crippen molar-refractivity contribution in [2.45, 2.75) is 117 Å². The molecule has 2 rings (SSSR count). The van der Waals surface area contributed by atoms with Gasteiger partial charge in [0.1, 0.15) is 6.10 Å². The van der Waals surface area contributed by atoms with Crippen LogP contribution in [-0.4, -0.2) is 141 Å². The summed E-state index contributed by atoms with van der Waals surface area (Å²) in [4.78, 5) is 91.4. The lowest BCUT2D eigenvalue weighted by atomic mass is 9.53. The van der Waals surface area contributed by atoms with E-state index in [1.807, 2.05) is 0 Å². The number of carbonyl (C=O) groups excluding carboxylic acids is 7. The van der Waals surface area contributed by atoms with E-state index in [1.165, 1.54) is 0 Å². The van der Waals surface area contributed by atoms with Crippen molar-refractivity contribution in [1.29, 1.82) is 0 Å². The van der Waals surface area contributed by atoms with Crippen LogP contribution in [0.5, 0.6) is 0 Å². The highest BCUT2D eigenvalue weighted by molar-refractivity contribution is 6.67. The fourth-order valence-electron chi connectivity index (χ4n) is 5.98. The van der Waals surface area contributed by atoms with E-state index in [2.05, 4.69) is 0 Å².